The first kappa shape index (κ1) is 25.7. The number of carbonyl (C=O) groups is 1. The quantitative estimate of drug-likeness (QED) is 0.537. The molecule has 2 aromatic rings. The van der Waals surface area contributed by atoms with Crippen molar-refractivity contribution in [1.82, 2.24) is 0 Å². The van der Waals surface area contributed by atoms with Crippen molar-refractivity contribution in [1.29, 1.82) is 0 Å². The van der Waals surface area contributed by atoms with Gasteiger partial charge < -0.3 is 24.2 Å². The van der Waals surface area contributed by atoms with Crippen LogP contribution in [0.1, 0.15) is 44.3 Å². The van der Waals surface area contributed by atoms with Crippen molar-refractivity contribution in [3.63, 3.8) is 0 Å². The standard InChI is InChI=1S/C28H39NO5Si/c1-19-27(33-3)23-18-20(29-16-7-6-8-26(29)31)9-14-24(23)34-28(19)25(15-17-30)35(4,5)22-12-10-21(32-2)11-13-22/h9-14,18-19,25,27-28,30H,6-8,15-17H2,1-5H3/t19-,25?,27-,28-/m1/s1. The van der Waals surface area contributed by atoms with Gasteiger partial charge in [-0.25, -0.2) is 0 Å². The van der Waals surface area contributed by atoms with Gasteiger partial charge in [-0.3, -0.25) is 4.79 Å². The second kappa shape index (κ2) is 10.7. The number of amides is 1. The summed E-state index contributed by atoms with van der Waals surface area (Å²) in [6.45, 7) is 7.77. The third-order valence-electron chi connectivity index (χ3n) is 8.05. The van der Waals surface area contributed by atoms with Crippen LogP contribution < -0.4 is 19.6 Å². The van der Waals surface area contributed by atoms with E-state index < -0.39 is 8.07 Å². The highest BCUT2D eigenvalue weighted by atomic mass is 28.3. The highest BCUT2D eigenvalue weighted by molar-refractivity contribution is 6.91. The minimum Gasteiger partial charge on any atom is -0.497 e. The zero-order valence-corrected chi connectivity index (χ0v) is 22.6. The van der Waals surface area contributed by atoms with Crippen molar-refractivity contribution in [3.05, 3.63) is 48.0 Å². The fraction of sp³-hybridized carbons (Fsp3) is 0.536. The Bertz CT molecular complexity index is 1020. The Morgan fingerprint density at radius 1 is 1.14 bits per heavy atom. The van der Waals surface area contributed by atoms with Crippen molar-refractivity contribution < 1.29 is 24.1 Å². The van der Waals surface area contributed by atoms with Crippen LogP contribution in [0.15, 0.2) is 42.5 Å². The summed E-state index contributed by atoms with van der Waals surface area (Å²) in [6.07, 6.45) is 3.03. The number of aliphatic hydroxyl groups is 1. The van der Waals surface area contributed by atoms with E-state index >= 15 is 0 Å². The molecule has 0 bridgehead atoms. The average molecular weight is 498 g/mol. The van der Waals surface area contributed by atoms with Crippen LogP contribution in [0.5, 0.6) is 11.5 Å². The lowest BCUT2D eigenvalue weighted by Gasteiger charge is -2.46. The molecule has 4 atom stereocenters. The molecule has 0 spiro atoms. The molecule has 2 heterocycles. The van der Waals surface area contributed by atoms with Crippen LogP contribution in [0.25, 0.3) is 0 Å². The van der Waals surface area contributed by atoms with Gasteiger partial charge in [-0.05, 0) is 55.1 Å². The molecule has 0 aliphatic carbocycles. The third-order valence-corrected chi connectivity index (χ3v) is 12.3. The molecule has 35 heavy (non-hydrogen) atoms. The van der Waals surface area contributed by atoms with Crippen LogP contribution in [-0.2, 0) is 9.53 Å². The Balaban J connectivity index is 1.67. The van der Waals surface area contributed by atoms with E-state index in [1.54, 1.807) is 14.2 Å². The van der Waals surface area contributed by atoms with Crippen LogP contribution >= 0.6 is 0 Å². The van der Waals surface area contributed by atoms with Crippen molar-refractivity contribution in [2.24, 2.45) is 5.92 Å². The summed E-state index contributed by atoms with van der Waals surface area (Å²) < 4.78 is 18.1. The summed E-state index contributed by atoms with van der Waals surface area (Å²) in [5, 5.41) is 11.4. The number of nitrogens with zero attached hydrogens (tertiary/aromatic N) is 1. The molecule has 6 nitrogen and oxygen atoms in total. The van der Waals surface area contributed by atoms with Crippen LogP contribution in [0.2, 0.25) is 18.6 Å². The van der Waals surface area contributed by atoms with Crippen LogP contribution in [-0.4, -0.2) is 52.6 Å². The Hall–Kier alpha value is -2.35. The molecule has 1 amide bonds. The number of anilines is 1. The number of hydrogen-bond donors (Lipinski definition) is 1. The number of hydrogen-bond acceptors (Lipinski definition) is 5. The second-order valence-electron chi connectivity index (χ2n) is 10.4. The Morgan fingerprint density at radius 2 is 1.89 bits per heavy atom. The van der Waals surface area contributed by atoms with Gasteiger partial charge in [0.1, 0.15) is 17.6 Å². The lowest BCUT2D eigenvalue weighted by atomic mass is 9.86. The predicted molar refractivity (Wildman–Crippen MR) is 142 cm³/mol. The zero-order chi connectivity index (χ0) is 25.2. The van der Waals surface area contributed by atoms with Gasteiger partial charge in [0, 0.05) is 43.9 Å². The lowest BCUT2D eigenvalue weighted by Crippen LogP contribution is -2.54. The topological polar surface area (TPSA) is 68.2 Å². The molecule has 0 radical (unpaired) electrons. The number of piperidine rings is 1. The Labute approximate surface area is 210 Å². The molecule has 2 aliphatic rings. The summed E-state index contributed by atoms with van der Waals surface area (Å²) in [4.78, 5) is 14.4. The van der Waals surface area contributed by atoms with Gasteiger partial charge in [0.25, 0.3) is 0 Å². The van der Waals surface area contributed by atoms with Crippen LogP contribution in [0, 0.1) is 5.92 Å². The van der Waals surface area contributed by atoms with Crippen molar-refractivity contribution >= 4 is 24.9 Å². The minimum absolute atomic E-state index is 0.0846. The molecular weight excluding hydrogens is 458 g/mol. The molecule has 190 valence electrons. The van der Waals surface area contributed by atoms with E-state index in [0.29, 0.717) is 12.8 Å². The summed E-state index contributed by atoms with van der Waals surface area (Å²) in [6, 6.07) is 14.4. The first-order valence-corrected chi connectivity index (χ1v) is 15.8. The SMILES string of the molecule is COc1ccc([Si](C)(C)C(CCO)[C@@H]2Oc3ccc(N4CCCCC4=O)cc3[C@H](OC)[C@H]2C)cc1. The predicted octanol–water partition coefficient (Wildman–Crippen LogP) is 4.66. The average Bonchev–Trinajstić information content (AvgIpc) is 2.87. The summed E-state index contributed by atoms with van der Waals surface area (Å²) in [7, 11) is 1.37. The fourth-order valence-electron chi connectivity index (χ4n) is 5.92. The third kappa shape index (κ3) is 4.99. The Kier molecular flexibility index (Phi) is 7.88. The second-order valence-corrected chi connectivity index (χ2v) is 15.2. The molecule has 4 rings (SSSR count). The highest BCUT2D eigenvalue weighted by Crippen LogP contribution is 2.48. The normalized spacial score (nSPS) is 23.4. The maximum Gasteiger partial charge on any atom is 0.226 e. The van der Waals surface area contributed by atoms with E-state index in [9.17, 15) is 9.90 Å². The maximum atomic E-state index is 12.5. The number of rotatable bonds is 8. The molecule has 1 unspecified atom stereocenters. The summed E-state index contributed by atoms with van der Waals surface area (Å²) in [5.74, 6) is 1.93. The van der Waals surface area contributed by atoms with E-state index in [1.807, 2.05) is 29.2 Å². The first-order valence-electron chi connectivity index (χ1n) is 12.7. The molecule has 7 heteroatoms. The maximum absolute atomic E-state index is 12.5. The summed E-state index contributed by atoms with van der Waals surface area (Å²) in [5.41, 5.74) is 2.11. The van der Waals surface area contributed by atoms with Gasteiger partial charge >= 0.3 is 0 Å². The molecular formula is C28H39NO5Si. The fourth-order valence-corrected chi connectivity index (χ4v) is 9.42. The number of benzene rings is 2. The monoisotopic (exact) mass is 497 g/mol. The van der Waals surface area contributed by atoms with Crippen molar-refractivity contribution in [3.8, 4) is 11.5 Å². The molecule has 1 N–H and O–H groups in total. The lowest BCUT2D eigenvalue weighted by molar-refractivity contribution is -0.119. The number of methoxy groups -OCH3 is 2. The van der Waals surface area contributed by atoms with E-state index in [1.165, 1.54) is 5.19 Å². The largest absolute Gasteiger partial charge is 0.497 e. The Morgan fingerprint density at radius 3 is 2.51 bits per heavy atom. The van der Waals surface area contributed by atoms with E-state index in [4.69, 9.17) is 14.2 Å². The molecule has 2 aromatic carbocycles. The van der Waals surface area contributed by atoms with E-state index in [-0.39, 0.29) is 36.2 Å². The molecule has 1 fully saturated rings. The number of fused-ring (bicyclic) bond motifs is 1. The highest BCUT2D eigenvalue weighted by Gasteiger charge is 2.47. The zero-order valence-electron chi connectivity index (χ0n) is 21.6. The number of carbonyl (C=O) groups excluding carboxylic acids is 1. The van der Waals surface area contributed by atoms with Gasteiger partial charge in [0.2, 0.25) is 5.91 Å². The molecule has 0 saturated carbocycles. The van der Waals surface area contributed by atoms with Crippen molar-refractivity contribution in [2.75, 3.05) is 32.3 Å². The number of aliphatic hydroxyl groups excluding tert-OH is 1. The van der Waals surface area contributed by atoms with Gasteiger partial charge in [-0.15, -0.1) is 0 Å². The smallest absolute Gasteiger partial charge is 0.226 e. The molecule has 1 saturated heterocycles. The van der Waals surface area contributed by atoms with Crippen LogP contribution in [0.4, 0.5) is 5.69 Å². The first-order chi connectivity index (χ1) is 16.8. The van der Waals surface area contributed by atoms with Crippen LogP contribution in [0.3, 0.4) is 0 Å². The molecule has 0 aromatic heterocycles. The van der Waals surface area contributed by atoms with E-state index in [0.717, 1.165) is 42.1 Å². The molecule has 2 aliphatic heterocycles. The van der Waals surface area contributed by atoms with Gasteiger partial charge in [0.05, 0.1) is 21.3 Å². The van der Waals surface area contributed by atoms with E-state index in [2.05, 4.69) is 38.2 Å². The van der Waals surface area contributed by atoms with Gasteiger partial charge in [-0.2, -0.15) is 0 Å². The minimum atomic E-state index is -2.05. The van der Waals surface area contributed by atoms with Gasteiger partial charge in [0.15, 0.2) is 0 Å². The number of ether oxygens (including phenoxy) is 3. The van der Waals surface area contributed by atoms with Gasteiger partial charge in [-0.1, -0.05) is 37.3 Å². The summed E-state index contributed by atoms with van der Waals surface area (Å²) >= 11 is 0. The van der Waals surface area contributed by atoms with Crippen molar-refractivity contribution in [2.45, 2.75) is 63.5 Å².